The number of ether oxygens (including phenoxy) is 1. The Bertz CT molecular complexity index is 1640. The third-order valence-corrected chi connectivity index (χ3v) is 7.94. The molecule has 0 radical (unpaired) electrons. The van der Waals surface area contributed by atoms with E-state index in [1.165, 1.54) is 23.8 Å². The molecule has 2 N–H and O–H groups in total. The summed E-state index contributed by atoms with van der Waals surface area (Å²) in [6.45, 7) is 12.9. The predicted molar refractivity (Wildman–Crippen MR) is 162 cm³/mol. The Balaban J connectivity index is 1.68. The average molecular weight is 573 g/mol. The number of hydrogen-bond acceptors (Lipinski definition) is 6. The number of benzene rings is 3. The van der Waals surface area contributed by atoms with Gasteiger partial charge < -0.3 is 10.1 Å². The third-order valence-electron chi connectivity index (χ3n) is 6.62. The van der Waals surface area contributed by atoms with Crippen LogP contribution < -0.4 is 14.8 Å². The highest BCUT2D eigenvalue weighted by molar-refractivity contribution is 7.92. The van der Waals surface area contributed by atoms with Crippen molar-refractivity contribution in [2.75, 3.05) is 11.3 Å². The van der Waals surface area contributed by atoms with Crippen molar-refractivity contribution < 1.29 is 17.9 Å². The largest absolute Gasteiger partial charge is 0.473 e. The molecule has 0 unspecified atom stereocenters. The molecule has 0 bridgehead atoms. The van der Waals surface area contributed by atoms with Crippen LogP contribution in [0, 0.1) is 13.8 Å². The van der Waals surface area contributed by atoms with Crippen molar-refractivity contribution >= 4 is 21.9 Å². The van der Waals surface area contributed by atoms with Gasteiger partial charge in [-0.2, -0.15) is 4.98 Å². The Labute approximate surface area is 242 Å². The number of carbonyl (C=O) groups excluding carboxylic acids is 1. The quantitative estimate of drug-likeness (QED) is 0.248. The summed E-state index contributed by atoms with van der Waals surface area (Å²) in [6, 6.07) is 21.6. The first-order chi connectivity index (χ1) is 19.4. The average Bonchev–Trinajstić information content (AvgIpc) is 2.91. The molecule has 1 heterocycles. The highest BCUT2D eigenvalue weighted by Crippen LogP contribution is 2.30. The van der Waals surface area contributed by atoms with Crippen LogP contribution in [0.15, 0.2) is 77.7 Å². The highest BCUT2D eigenvalue weighted by atomic mass is 32.2. The van der Waals surface area contributed by atoms with Crippen molar-refractivity contribution in [1.82, 2.24) is 15.3 Å². The van der Waals surface area contributed by atoms with Gasteiger partial charge in [-0.15, -0.1) is 0 Å². The summed E-state index contributed by atoms with van der Waals surface area (Å²) in [5, 5.41) is 2.68. The van der Waals surface area contributed by atoms with Crippen molar-refractivity contribution in [3.05, 3.63) is 101 Å². The summed E-state index contributed by atoms with van der Waals surface area (Å²) in [5.74, 6) is -0.262. The van der Waals surface area contributed by atoms with Gasteiger partial charge in [0.05, 0.1) is 10.6 Å². The molecule has 0 atom stereocenters. The zero-order valence-corrected chi connectivity index (χ0v) is 25.1. The topological polar surface area (TPSA) is 110 Å². The van der Waals surface area contributed by atoms with Gasteiger partial charge in [-0.05, 0) is 66.6 Å². The van der Waals surface area contributed by atoms with Crippen LogP contribution in [0.4, 0.5) is 5.95 Å². The van der Waals surface area contributed by atoms with Gasteiger partial charge in [-0.3, -0.25) is 4.79 Å². The van der Waals surface area contributed by atoms with E-state index in [2.05, 4.69) is 52.9 Å². The first kappa shape index (κ1) is 29.7. The van der Waals surface area contributed by atoms with Gasteiger partial charge >= 0.3 is 0 Å². The summed E-state index contributed by atoms with van der Waals surface area (Å²) in [4.78, 5) is 21.1. The smallest absolute Gasteiger partial charge is 0.264 e. The van der Waals surface area contributed by atoms with Crippen molar-refractivity contribution in [3.8, 4) is 17.1 Å². The van der Waals surface area contributed by atoms with Crippen LogP contribution in [0.5, 0.6) is 5.88 Å². The van der Waals surface area contributed by atoms with Crippen LogP contribution in [0.1, 0.15) is 60.3 Å². The monoisotopic (exact) mass is 572 g/mol. The highest BCUT2D eigenvalue weighted by Gasteiger charge is 2.20. The molecular formula is C32H36N4O4S. The number of aromatic nitrogens is 2. The molecule has 0 aliphatic rings. The predicted octanol–water partition coefficient (Wildman–Crippen LogP) is 6.19. The molecule has 214 valence electrons. The van der Waals surface area contributed by atoms with Crippen LogP contribution in [0.2, 0.25) is 0 Å². The van der Waals surface area contributed by atoms with Crippen LogP contribution in [0.3, 0.4) is 0 Å². The fourth-order valence-corrected chi connectivity index (χ4v) is 5.38. The minimum Gasteiger partial charge on any atom is -0.473 e. The lowest BCUT2D eigenvalue weighted by Gasteiger charge is -2.19. The number of nitrogens with one attached hydrogen (secondary N) is 2. The first-order valence-electron chi connectivity index (χ1n) is 13.5. The van der Waals surface area contributed by atoms with Crippen LogP contribution in [-0.4, -0.2) is 30.8 Å². The maximum atomic E-state index is 13.4. The Hall–Kier alpha value is -4.24. The van der Waals surface area contributed by atoms with E-state index in [0.29, 0.717) is 12.2 Å². The van der Waals surface area contributed by atoms with Crippen LogP contribution >= 0.6 is 0 Å². The van der Waals surface area contributed by atoms with Gasteiger partial charge in [0.2, 0.25) is 11.8 Å². The Kier molecular flexibility index (Phi) is 8.77. The van der Waals surface area contributed by atoms with Gasteiger partial charge in [0.1, 0.15) is 6.61 Å². The number of aryl methyl sites for hydroxylation is 2. The number of nitrogens with zero attached hydrogens (tertiary/aromatic N) is 2. The fourth-order valence-electron chi connectivity index (χ4n) is 4.40. The molecule has 4 rings (SSSR count). The molecule has 0 aliphatic heterocycles. The van der Waals surface area contributed by atoms with E-state index in [0.717, 1.165) is 22.3 Å². The number of amides is 1. The molecule has 1 aromatic heterocycles. The van der Waals surface area contributed by atoms with Crippen molar-refractivity contribution in [3.63, 3.8) is 0 Å². The van der Waals surface area contributed by atoms with E-state index in [-0.39, 0.29) is 40.2 Å². The van der Waals surface area contributed by atoms with Crippen LogP contribution in [-0.2, 0) is 22.0 Å². The molecule has 1 amide bonds. The summed E-state index contributed by atoms with van der Waals surface area (Å²) < 4.78 is 35.3. The van der Waals surface area contributed by atoms with Crippen molar-refractivity contribution in [2.24, 2.45) is 0 Å². The van der Waals surface area contributed by atoms with Gasteiger partial charge in [0.25, 0.3) is 15.9 Å². The number of hydrogen-bond donors (Lipinski definition) is 2. The molecule has 0 saturated heterocycles. The standard InChI is InChI=1S/C32H36N4O4S/c1-7-33-30(37)24-12-9-13-26(18-24)41(38,39)36-31-34-27(29-21(2)10-8-11-22(29)3)19-28(35-31)40-20-23-14-16-25(17-15-23)32(4,5)6/h8-19H,7,20H2,1-6H3,(H,33,37)(H,34,35,36). The lowest BCUT2D eigenvalue weighted by atomic mass is 9.87. The maximum absolute atomic E-state index is 13.4. The number of sulfonamides is 1. The zero-order chi connectivity index (χ0) is 29.8. The Morgan fingerprint density at radius 2 is 1.56 bits per heavy atom. The molecule has 0 saturated carbocycles. The summed E-state index contributed by atoms with van der Waals surface area (Å²) >= 11 is 0. The first-order valence-corrected chi connectivity index (χ1v) is 14.9. The van der Waals surface area contributed by atoms with E-state index >= 15 is 0 Å². The van der Waals surface area contributed by atoms with Crippen LogP contribution in [0.25, 0.3) is 11.3 Å². The third kappa shape index (κ3) is 7.29. The molecule has 4 aromatic rings. The molecule has 0 spiro atoms. The number of carbonyl (C=O) groups is 1. The number of rotatable bonds is 9. The maximum Gasteiger partial charge on any atom is 0.264 e. The van der Waals surface area contributed by atoms with Gasteiger partial charge in [0.15, 0.2) is 0 Å². The number of anilines is 1. The fraction of sp³-hybridized carbons (Fsp3) is 0.281. The van der Waals surface area contributed by atoms with E-state index in [1.54, 1.807) is 19.1 Å². The Morgan fingerprint density at radius 3 is 2.20 bits per heavy atom. The SMILES string of the molecule is CCNC(=O)c1cccc(S(=O)(=O)Nc2nc(OCc3ccc(C(C)(C)C)cc3)cc(-c3c(C)cccc3C)n2)c1. The lowest BCUT2D eigenvalue weighted by Crippen LogP contribution is -2.23. The Morgan fingerprint density at radius 1 is 0.902 bits per heavy atom. The normalized spacial score (nSPS) is 11.7. The van der Waals surface area contributed by atoms with Gasteiger partial charge in [-0.25, -0.2) is 18.1 Å². The van der Waals surface area contributed by atoms with E-state index in [4.69, 9.17) is 4.74 Å². The summed E-state index contributed by atoms with van der Waals surface area (Å²) in [7, 11) is -4.12. The molecule has 0 fully saturated rings. The zero-order valence-electron chi connectivity index (χ0n) is 24.3. The molecular weight excluding hydrogens is 536 g/mol. The molecule has 0 aliphatic carbocycles. The summed E-state index contributed by atoms with van der Waals surface area (Å²) in [5.41, 5.74) is 5.81. The second-order valence-corrected chi connectivity index (χ2v) is 12.6. The second-order valence-electron chi connectivity index (χ2n) is 10.9. The van der Waals surface area contributed by atoms with E-state index < -0.39 is 10.0 Å². The van der Waals surface area contributed by atoms with Gasteiger partial charge in [-0.1, -0.05) is 69.3 Å². The second kappa shape index (κ2) is 12.1. The minimum atomic E-state index is -4.12. The van der Waals surface area contributed by atoms with Crippen molar-refractivity contribution in [1.29, 1.82) is 0 Å². The van der Waals surface area contributed by atoms with Gasteiger partial charge in [0, 0.05) is 23.7 Å². The lowest BCUT2D eigenvalue weighted by molar-refractivity contribution is 0.0955. The molecule has 9 heteroatoms. The molecule has 41 heavy (non-hydrogen) atoms. The minimum absolute atomic E-state index is 0.0394. The van der Waals surface area contributed by atoms with E-state index in [9.17, 15) is 13.2 Å². The molecule has 8 nitrogen and oxygen atoms in total. The summed E-state index contributed by atoms with van der Waals surface area (Å²) in [6.07, 6.45) is 0. The van der Waals surface area contributed by atoms with Crippen molar-refractivity contribution in [2.45, 2.75) is 58.5 Å². The molecule has 3 aromatic carbocycles. The van der Waals surface area contributed by atoms with E-state index in [1.807, 2.05) is 44.2 Å².